The van der Waals surface area contributed by atoms with Crippen molar-refractivity contribution >= 4 is 29.0 Å². The van der Waals surface area contributed by atoms with Crippen molar-refractivity contribution in [3.63, 3.8) is 0 Å². The fraction of sp³-hybridized carbons (Fsp3) is 0.400. The van der Waals surface area contributed by atoms with Crippen LogP contribution in [0, 0.1) is 23.7 Å². The van der Waals surface area contributed by atoms with E-state index in [4.69, 9.17) is 5.73 Å². The van der Waals surface area contributed by atoms with Crippen LogP contribution in [0.4, 0.5) is 0 Å². The first-order valence-electron chi connectivity index (χ1n) is 11.5. The molecule has 36 heavy (non-hydrogen) atoms. The number of nitrogens with zero attached hydrogens (tertiary/aromatic N) is 3. The van der Waals surface area contributed by atoms with Crippen LogP contribution in [-0.4, -0.2) is 79.9 Å². The molecule has 1 aromatic heterocycles. The van der Waals surface area contributed by atoms with Crippen molar-refractivity contribution in [2.24, 2.45) is 29.4 Å². The number of phenolic OH excluding ortho intramolecular Hbond substituents is 1. The van der Waals surface area contributed by atoms with Crippen LogP contribution < -0.4 is 5.73 Å². The number of carbonyl (C=O) groups excluding carboxylic acids is 5. The molecule has 1 amide bonds. The third-order valence-electron chi connectivity index (χ3n) is 7.75. The SMILES string of the molecule is CN(C)C1C(=O)C(C(N)=O)C(=O)C2(O)C(=O)C3C(=O)c4c(O)ccc(-c5ncccn5)c4CC3CC12. The molecule has 2 saturated carbocycles. The molecule has 6 unspecified atom stereocenters. The van der Waals surface area contributed by atoms with Gasteiger partial charge >= 0.3 is 0 Å². The molecular weight excluding hydrogens is 468 g/mol. The summed E-state index contributed by atoms with van der Waals surface area (Å²) in [7, 11) is 3.08. The largest absolute Gasteiger partial charge is 0.507 e. The van der Waals surface area contributed by atoms with Crippen molar-refractivity contribution in [3.8, 4) is 17.1 Å². The number of amides is 1. The van der Waals surface area contributed by atoms with Gasteiger partial charge in [-0.1, -0.05) is 0 Å². The van der Waals surface area contributed by atoms with E-state index in [0.717, 1.165) is 0 Å². The number of ketones is 4. The van der Waals surface area contributed by atoms with E-state index in [1.807, 2.05) is 0 Å². The van der Waals surface area contributed by atoms with E-state index >= 15 is 0 Å². The average molecular weight is 492 g/mol. The highest BCUT2D eigenvalue weighted by Gasteiger charge is 2.69. The molecule has 3 aliphatic carbocycles. The Kier molecular flexibility index (Phi) is 5.38. The van der Waals surface area contributed by atoms with Gasteiger partial charge in [0, 0.05) is 23.9 Å². The van der Waals surface area contributed by atoms with E-state index in [2.05, 4.69) is 9.97 Å². The molecule has 4 N–H and O–H groups in total. The van der Waals surface area contributed by atoms with Crippen molar-refractivity contribution in [1.29, 1.82) is 0 Å². The summed E-state index contributed by atoms with van der Waals surface area (Å²) in [5.41, 5.74) is 3.45. The molecular formula is C25H24N4O7. The lowest BCUT2D eigenvalue weighted by Gasteiger charge is -2.52. The molecule has 0 spiro atoms. The molecule has 0 bridgehead atoms. The zero-order valence-electron chi connectivity index (χ0n) is 19.5. The maximum atomic E-state index is 13.8. The number of aromatic nitrogens is 2. The smallest absolute Gasteiger partial charge is 0.235 e. The first-order valence-corrected chi connectivity index (χ1v) is 11.5. The maximum absolute atomic E-state index is 13.8. The highest BCUT2D eigenvalue weighted by Crippen LogP contribution is 2.51. The van der Waals surface area contributed by atoms with Gasteiger partial charge in [0.2, 0.25) is 5.91 Å². The Hall–Kier alpha value is -3.83. The van der Waals surface area contributed by atoms with Crippen molar-refractivity contribution in [1.82, 2.24) is 14.9 Å². The third-order valence-corrected chi connectivity index (χ3v) is 7.75. The molecule has 6 atom stereocenters. The van der Waals surface area contributed by atoms with Crippen LogP contribution in [0.2, 0.25) is 0 Å². The predicted octanol–water partition coefficient (Wildman–Crippen LogP) is -0.676. The summed E-state index contributed by atoms with van der Waals surface area (Å²) in [5, 5.41) is 22.1. The molecule has 3 aliphatic rings. The van der Waals surface area contributed by atoms with E-state index in [9.17, 15) is 34.2 Å². The number of fused-ring (bicyclic) bond motifs is 3. The minimum Gasteiger partial charge on any atom is -0.507 e. The molecule has 0 aliphatic heterocycles. The number of hydrogen-bond acceptors (Lipinski definition) is 10. The van der Waals surface area contributed by atoms with Gasteiger partial charge in [-0.15, -0.1) is 0 Å². The van der Waals surface area contributed by atoms with Crippen LogP contribution in [0.25, 0.3) is 11.4 Å². The minimum absolute atomic E-state index is 0.0192. The van der Waals surface area contributed by atoms with Gasteiger partial charge < -0.3 is 15.9 Å². The number of nitrogens with two attached hydrogens (primary N) is 1. The number of aromatic hydroxyl groups is 1. The van der Waals surface area contributed by atoms with Gasteiger partial charge in [0.1, 0.15) is 5.75 Å². The summed E-state index contributed by atoms with van der Waals surface area (Å²) >= 11 is 0. The predicted molar refractivity (Wildman–Crippen MR) is 122 cm³/mol. The second-order valence-electron chi connectivity index (χ2n) is 9.85. The summed E-state index contributed by atoms with van der Waals surface area (Å²) in [6, 6.07) is 3.39. The first kappa shape index (κ1) is 23.9. The van der Waals surface area contributed by atoms with Gasteiger partial charge in [0.25, 0.3) is 0 Å². The van der Waals surface area contributed by atoms with Gasteiger partial charge in [-0.05, 0) is 56.6 Å². The van der Waals surface area contributed by atoms with Crippen molar-refractivity contribution in [2.45, 2.75) is 24.5 Å². The number of hydrogen-bond donors (Lipinski definition) is 3. The van der Waals surface area contributed by atoms with Crippen LogP contribution in [0.3, 0.4) is 0 Å². The Labute approximate surface area is 205 Å². The van der Waals surface area contributed by atoms with E-state index < -0.39 is 64.4 Å². The molecule has 186 valence electrons. The topological polar surface area (TPSA) is 181 Å². The Morgan fingerprint density at radius 3 is 2.39 bits per heavy atom. The minimum atomic E-state index is -2.74. The van der Waals surface area contributed by atoms with Crippen LogP contribution in [0.15, 0.2) is 30.6 Å². The first-order chi connectivity index (χ1) is 17.0. The summed E-state index contributed by atoms with van der Waals surface area (Å²) in [6.45, 7) is 0. The third kappa shape index (κ3) is 3.09. The molecule has 0 radical (unpaired) electrons. The zero-order chi connectivity index (χ0) is 26.1. The van der Waals surface area contributed by atoms with Crippen LogP contribution in [-0.2, 0) is 25.6 Å². The molecule has 1 aromatic carbocycles. The number of phenols is 1. The average Bonchev–Trinajstić information content (AvgIpc) is 2.81. The van der Waals surface area contributed by atoms with Gasteiger partial charge in [0.15, 0.2) is 40.5 Å². The summed E-state index contributed by atoms with van der Waals surface area (Å²) in [6.07, 6.45) is 3.20. The lowest BCUT2D eigenvalue weighted by atomic mass is 9.52. The number of likely N-dealkylation sites (N-methyl/N-ethyl adjacent to an activating group) is 1. The van der Waals surface area contributed by atoms with Crippen molar-refractivity contribution < 1.29 is 34.2 Å². The molecule has 1 heterocycles. The Morgan fingerprint density at radius 2 is 1.78 bits per heavy atom. The highest BCUT2D eigenvalue weighted by molar-refractivity contribution is 6.32. The monoisotopic (exact) mass is 492 g/mol. The molecule has 5 rings (SSSR count). The number of Topliss-reactive ketones (excluding diaryl/α,β-unsaturated/α-hetero) is 4. The summed E-state index contributed by atoms with van der Waals surface area (Å²) in [4.78, 5) is 75.8. The standard InChI is InChI=1S/C25H24N4O7/c1-29(2)18-13-9-10-8-12-11(24-27-6-3-7-28-24)4-5-14(30)16(12)19(31)15(10)21(33)25(13,36)22(34)17(20(18)32)23(26)35/h3-7,10,13,15,17-18,30,36H,8-9H2,1-2H3,(H2,26,35). The fourth-order valence-electron chi connectivity index (χ4n) is 6.25. The number of benzene rings is 1. The van der Waals surface area contributed by atoms with E-state index in [1.165, 1.54) is 37.5 Å². The van der Waals surface area contributed by atoms with Gasteiger partial charge in [-0.2, -0.15) is 0 Å². The fourth-order valence-corrected chi connectivity index (χ4v) is 6.25. The van der Waals surface area contributed by atoms with E-state index in [-0.39, 0.29) is 24.2 Å². The van der Waals surface area contributed by atoms with Crippen molar-refractivity contribution in [2.75, 3.05) is 14.1 Å². The molecule has 2 fully saturated rings. The molecule has 2 aromatic rings. The normalized spacial score (nSPS) is 31.6. The Bertz CT molecular complexity index is 1340. The summed E-state index contributed by atoms with van der Waals surface area (Å²) in [5.74, 6) is -10.4. The molecule has 11 heteroatoms. The quantitative estimate of drug-likeness (QED) is 0.465. The zero-order valence-corrected chi connectivity index (χ0v) is 19.5. The maximum Gasteiger partial charge on any atom is 0.235 e. The lowest BCUT2D eigenvalue weighted by molar-refractivity contribution is -0.181. The molecule has 11 nitrogen and oxygen atoms in total. The number of primary amides is 1. The van der Waals surface area contributed by atoms with Gasteiger partial charge in [0.05, 0.1) is 17.5 Å². The van der Waals surface area contributed by atoms with Crippen LogP contribution in [0.5, 0.6) is 5.75 Å². The van der Waals surface area contributed by atoms with Gasteiger partial charge in [-0.3, -0.25) is 28.9 Å². The number of carbonyl (C=O) groups is 5. The molecule has 0 saturated heterocycles. The van der Waals surface area contributed by atoms with Gasteiger partial charge in [-0.25, -0.2) is 9.97 Å². The second-order valence-corrected chi connectivity index (χ2v) is 9.85. The van der Waals surface area contributed by atoms with Crippen molar-refractivity contribution in [3.05, 3.63) is 41.7 Å². The second kappa shape index (κ2) is 8.10. The highest BCUT2D eigenvalue weighted by atomic mass is 16.3. The summed E-state index contributed by atoms with van der Waals surface area (Å²) < 4.78 is 0. The van der Waals surface area contributed by atoms with E-state index in [1.54, 1.807) is 12.1 Å². The van der Waals surface area contributed by atoms with E-state index in [0.29, 0.717) is 17.0 Å². The Morgan fingerprint density at radius 1 is 1.11 bits per heavy atom. The lowest BCUT2D eigenvalue weighted by Crippen LogP contribution is -2.74. The number of aliphatic hydroxyl groups is 1. The number of rotatable bonds is 3. The Balaban J connectivity index is 1.66. The van der Waals surface area contributed by atoms with Crippen LogP contribution in [0.1, 0.15) is 22.3 Å². The van der Waals surface area contributed by atoms with Crippen LogP contribution >= 0.6 is 0 Å².